The zero-order valence-corrected chi connectivity index (χ0v) is 17.7. The van der Waals surface area contributed by atoms with Crippen molar-refractivity contribution >= 4 is 29.1 Å². The third kappa shape index (κ3) is 3.11. The van der Waals surface area contributed by atoms with Gasteiger partial charge in [-0.3, -0.25) is 13.9 Å². The molecule has 1 aliphatic heterocycles. The van der Waals surface area contributed by atoms with Gasteiger partial charge in [-0.05, 0) is 53.3 Å². The van der Waals surface area contributed by atoms with E-state index in [1.165, 1.54) is 22.4 Å². The summed E-state index contributed by atoms with van der Waals surface area (Å²) >= 11 is 13.0. The van der Waals surface area contributed by atoms with E-state index in [1.54, 1.807) is 6.07 Å². The Morgan fingerprint density at radius 2 is 1.80 bits per heavy atom. The van der Waals surface area contributed by atoms with Crippen molar-refractivity contribution in [2.24, 2.45) is 7.05 Å². The van der Waals surface area contributed by atoms with Crippen LogP contribution in [0, 0.1) is 0 Å². The van der Waals surface area contributed by atoms with Gasteiger partial charge in [-0.2, -0.15) is 0 Å². The van der Waals surface area contributed by atoms with Gasteiger partial charge < -0.3 is 10.0 Å². The molecule has 8 heteroatoms. The van der Waals surface area contributed by atoms with Crippen LogP contribution in [0.3, 0.4) is 0 Å². The lowest BCUT2D eigenvalue weighted by Gasteiger charge is -2.13. The summed E-state index contributed by atoms with van der Waals surface area (Å²) < 4.78 is 2.57. The molecule has 1 N–H and O–H groups in total. The molecule has 6 nitrogen and oxygen atoms in total. The molecule has 154 valence electrons. The minimum Gasteiger partial charge on any atom is -0.493 e. The normalized spacial score (nSPS) is 15.7. The van der Waals surface area contributed by atoms with Crippen LogP contribution in [0.4, 0.5) is 0 Å². The second kappa shape index (κ2) is 6.93. The molecule has 0 spiro atoms. The summed E-state index contributed by atoms with van der Waals surface area (Å²) in [6, 6.07) is 9.77. The number of carbonyl (C=O) groups is 1. The number of aromatic nitrogens is 2. The minimum absolute atomic E-state index is 0.0222. The van der Waals surface area contributed by atoms with Gasteiger partial charge in [0, 0.05) is 24.7 Å². The van der Waals surface area contributed by atoms with Crippen molar-refractivity contribution in [1.82, 2.24) is 14.0 Å². The Bertz CT molecular complexity index is 1260. The molecule has 3 aromatic rings. The van der Waals surface area contributed by atoms with Crippen molar-refractivity contribution in [1.29, 1.82) is 0 Å². The second-order valence-electron chi connectivity index (χ2n) is 7.92. The van der Waals surface area contributed by atoms with Gasteiger partial charge >= 0.3 is 5.69 Å². The van der Waals surface area contributed by atoms with Gasteiger partial charge in [0.25, 0.3) is 5.91 Å². The number of benzene rings is 2. The molecule has 1 saturated carbocycles. The van der Waals surface area contributed by atoms with E-state index in [2.05, 4.69) is 0 Å². The van der Waals surface area contributed by atoms with E-state index in [0.717, 1.165) is 35.1 Å². The molecule has 0 radical (unpaired) electrons. The van der Waals surface area contributed by atoms with E-state index in [1.807, 2.05) is 29.2 Å². The van der Waals surface area contributed by atoms with Crippen LogP contribution in [0.1, 0.15) is 34.3 Å². The lowest BCUT2D eigenvalue weighted by atomic mass is 9.99. The van der Waals surface area contributed by atoms with Crippen LogP contribution in [0.2, 0.25) is 10.0 Å². The van der Waals surface area contributed by atoms with E-state index in [4.69, 9.17) is 23.2 Å². The maximum Gasteiger partial charge on any atom is 0.331 e. The summed E-state index contributed by atoms with van der Waals surface area (Å²) in [5, 5.41) is 10.7. The average molecular weight is 444 g/mol. The first-order valence-corrected chi connectivity index (χ1v) is 10.5. The molecule has 0 bridgehead atoms. The molecule has 0 unspecified atom stereocenters. The number of amides is 1. The summed E-state index contributed by atoms with van der Waals surface area (Å²) in [6.45, 7) is 0.848. The lowest BCUT2D eigenvalue weighted by Crippen LogP contribution is -2.25. The zero-order chi connectivity index (χ0) is 21.2. The number of fused-ring (bicyclic) bond motifs is 1. The standard InChI is InChI=1S/C22H19Cl2N3O3/c1-25-19(28)11-26(22(25)30)9-13-3-2-12(7-17(13)23)14-6-15-10-27(16-4-5-16)21(29)20(15)18(24)8-14/h2-3,6-8,11,16,28H,4-5,9-10H2,1H3. The van der Waals surface area contributed by atoms with Gasteiger partial charge in [-0.1, -0.05) is 35.3 Å². The Morgan fingerprint density at radius 1 is 1.07 bits per heavy atom. The number of hydrogen-bond donors (Lipinski definition) is 1. The van der Waals surface area contributed by atoms with Crippen LogP contribution in [0.25, 0.3) is 11.1 Å². The van der Waals surface area contributed by atoms with Gasteiger partial charge in [-0.15, -0.1) is 0 Å². The molecular weight excluding hydrogens is 425 g/mol. The van der Waals surface area contributed by atoms with Crippen LogP contribution < -0.4 is 5.69 Å². The molecule has 1 amide bonds. The number of nitrogens with zero attached hydrogens (tertiary/aromatic N) is 3. The highest BCUT2D eigenvalue weighted by Gasteiger charge is 2.39. The van der Waals surface area contributed by atoms with Crippen LogP contribution in [-0.2, 0) is 20.1 Å². The van der Waals surface area contributed by atoms with Crippen LogP contribution in [-0.4, -0.2) is 31.1 Å². The van der Waals surface area contributed by atoms with Crippen molar-refractivity contribution < 1.29 is 9.90 Å². The molecule has 1 aromatic heterocycles. The number of halogens is 2. The van der Waals surface area contributed by atoms with Crippen molar-refractivity contribution in [3.8, 4) is 17.0 Å². The highest BCUT2D eigenvalue weighted by Crippen LogP contribution is 2.39. The first-order valence-electron chi connectivity index (χ1n) is 9.71. The molecule has 30 heavy (non-hydrogen) atoms. The van der Waals surface area contributed by atoms with Gasteiger partial charge in [0.05, 0.1) is 23.3 Å². The predicted octanol–water partition coefficient (Wildman–Crippen LogP) is 4.03. The Morgan fingerprint density at radius 3 is 2.43 bits per heavy atom. The second-order valence-corrected chi connectivity index (χ2v) is 8.73. The average Bonchev–Trinajstić information content (AvgIpc) is 3.46. The minimum atomic E-state index is -0.317. The highest BCUT2D eigenvalue weighted by atomic mass is 35.5. The number of aromatic hydroxyl groups is 1. The Kier molecular flexibility index (Phi) is 4.45. The van der Waals surface area contributed by atoms with Gasteiger partial charge in [0.2, 0.25) is 5.88 Å². The first-order chi connectivity index (χ1) is 14.3. The van der Waals surface area contributed by atoms with Crippen LogP contribution >= 0.6 is 23.2 Å². The van der Waals surface area contributed by atoms with Crippen molar-refractivity contribution in [3.63, 3.8) is 0 Å². The summed E-state index contributed by atoms with van der Waals surface area (Å²) in [5.41, 5.74) is 3.78. The number of hydrogen-bond acceptors (Lipinski definition) is 3. The monoisotopic (exact) mass is 443 g/mol. The predicted molar refractivity (Wildman–Crippen MR) is 115 cm³/mol. The van der Waals surface area contributed by atoms with Gasteiger partial charge in [-0.25, -0.2) is 4.79 Å². The maximum absolute atomic E-state index is 12.6. The summed E-state index contributed by atoms with van der Waals surface area (Å²) in [5.74, 6) is -0.0794. The van der Waals surface area contributed by atoms with E-state index in [-0.39, 0.29) is 24.0 Å². The van der Waals surface area contributed by atoms with Crippen LogP contribution in [0.5, 0.6) is 5.88 Å². The fourth-order valence-corrected chi connectivity index (χ4v) is 4.56. The zero-order valence-electron chi connectivity index (χ0n) is 16.2. The Balaban J connectivity index is 1.46. The molecule has 1 fully saturated rings. The van der Waals surface area contributed by atoms with Gasteiger partial charge in [0.1, 0.15) is 0 Å². The largest absolute Gasteiger partial charge is 0.493 e. The number of carbonyl (C=O) groups excluding carboxylic acids is 1. The molecule has 5 rings (SSSR count). The number of rotatable bonds is 4. The Labute approximate surface area is 182 Å². The third-order valence-corrected chi connectivity index (χ3v) is 6.50. The molecule has 2 heterocycles. The van der Waals surface area contributed by atoms with Crippen molar-refractivity contribution in [2.45, 2.75) is 32.0 Å². The molecule has 1 aliphatic carbocycles. The van der Waals surface area contributed by atoms with E-state index in [9.17, 15) is 14.7 Å². The van der Waals surface area contributed by atoms with Crippen molar-refractivity contribution in [3.05, 3.63) is 73.7 Å². The summed E-state index contributed by atoms with van der Waals surface area (Å²) in [7, 11) is 1.51. The van der Waals surface area contributed by atoms with Crippen molar-refractivity contribution in [2.75, 3.05) is 0 Å². The summed E-state index contributed by atoms with van der Waals surface area (Å²) in [6.07, 6.45) is 3.50. The fourth-order valence-electron chi connectivity index (χ4n) is 4.00. The smallest absolute Gasteiger partial charge is 0.331 e. The molecular formula is C22H19Cl2N3O3. The first kappa shape index (κ1) is 19.3. The molecule has 0 saturated heterocycles. The quantitative estimate of drug-likeness (QED) is 0.661. The Hall–Kier alpha value is -2.70. The lowest BCUT2D eigenvalue weighted by molar-refractivity contribution is 0.0767. The molecule has 2 aliphatic rings. The van der Waals surface area contributed by atoms with Gasteiger partial charge in [0.15, 0.2) is 0 Å². The highest BCUT2D eigenvalue weighted by molar-refractivity contribution is 6.34. The summed E-state index contributed by atoms with van der Waals surface area (Å²) in [4.78, 5) is 26.7. The number of imidazole rings is 1. The van der Waals surface area contributed by atoms with E-state index in [0.29, 0.717) is 28.2 Å². The van der Waals surface area contributed by atoms with E-state index < -0.39 is 0 Å². The van der Waals surface area contributed by atoms with E-state index >= 15 is 0 Å². The molecule has 2 aromatic carbocycles. The maximum atomic E-state index is 12.6. The third-order valence-electron chi connectivity index (χ3n) is 5.85. The SMILES string of the molecule is Cn1c(O)cn(Cc2ccc(-c3cc(Cl)c4c(c3)CN(C3CC3)C4=O)cc2Cl)c1=O. The fraction of sp³-hybridized carbons (Fsp3) is 0.273. The molecule has 0 atom stereocenters. The van der Waals surface area contributed by atoms with Crippen LogP contribution in [0.15, 0.2) is 41.3 Å². The topological polar surface area (TPSA) is 67.5 Å².